The number of carbonyl (C=O) groups is 1. The highest BCUT2D eigenvalue weighted by Crippen LogP contribution is 2.35. The van der Waals surface area contributed by atoms with Crippen LogP contribution in [0, 0.1) is 0 Å². The zero-order chi connectivity index (χ0) is 29.4. The summed E-state index contributed by atoms with van der Waals surface area (Å²) in [5.74, 6) is 0.881. The molecule has 4 heterocycles. The minimum atomic E-state index is -0.0200. The number of aromatic amines is 1. The van der Waals surface area contributed by atoms with Crippen LogP contribution in [0.25, 0.3) is 33.5 Å². The maximum atomic E-state index is 12.3. The third kappa shape index (κ3) is 5.77. The number of benzene rings is 2. The van der Waals surface area contributed by atoms with E-state index in [1.54, 1.807) is 26.1 Å². The molecule has 9 heteroatoms. The van der Waals surface area contributed by atoms with E-state index in [0.29, 0.717) is 17.8 Å². The molecule has 2 atom stereocenters. The number of H-pyrrole nitrogens is 1. The SMILES string of the molecule is COc1cc(-c2cnc3[nH]cc(-c4ccc(C(=O)N(C)C)cc4)c3n2)cc2c1CN(CCN1C[C@@H](C)O[C@H](C)C1)CC2. The lowest BCUT2D eigenvalue weighted by molar-refractivity contribution is -0.0695. The molecule has 2 aromatic heterocycles. The van der Waals surface area contributed by atoms with E-state index in [4.69, 9.17) is 19.4 Å². The van der Waals surface area contributed by atoms with Crippen LogP contribution in [0.5, 0.6) is 5.75 Å². The predicted octanol–water partition coefficient (Wildman–Crippen LogP) is 4.47. The molecule has 1 N–H and O–H groups in total. The van der Waals surface area contributed by atoms with Gasteiger partial charge in [-0.2, -0.15) is 0 Å². The van der Waals surface area contributed by atoms with Gasteiger partial charge in [0, 0.05) is 81.8 Å². The summed E-state index contributed by atoms with van der Waals surface area (Å²) in [6, 6.07) is 12.0. The number of hydrogen-bond donors (Lipinski definition) is 1. The first-order valence-corrected chi connectivity index (χ1v) is 14.8. The molecule has 4 aromatic rings. The van der Waals surface area contributed by atoms with Crippen LogP contribution in [0.4, 0.5) is 0 Å². The highest BCUT2D eigenvalue weighted by molar-refractivity contribution is 5.96. The third-order valence-corrected chi connectivity index (χ3v) is 8.35. The first-order valence-electron chi connectivity index (χ1n) is 14.8. The summed E-state index contributed by atoms with van der Waals surface area (Å²) in [5, 5.41) is 0. The van der Waals surface area contributed by atoms with Crippen molar-refractivity contribution in [2.75, 3.05) is 53.9 Å². The minimum Gasteiger partial charge on any atom is -0.496 e. The van der Waals surface area contributed by atoms with Gasteiger partial charge in [-0.1, -0.05) is 12.1 Å². The van der Waals surface area contributed by atoms with Crippen molar-refractivity contribution < 1.29 is 14.3 Å². The quantitative estimate of drug-likeness (QED) is 0.352. The van der Waals surface area contributed by atoms with Gasteiger partial charge in [0.15, 0.2) is 5.65 Å². The monoisotopic (exact) mass is 568 g/mol. The second kappa shape index (κ2) is 11.8. The molecular weight excluding hydrogens is 528 g/mol. The summed E-state index contributed by atoms with van der Waals surface area (Å²) in [6.07, 6.45) is 5.30. The summed E-state index contributed by atoms with van der Waals surface area (Å²) in [6.45, 7) is 10.3. The Morgan fingerprint density at radius 3 is 2.52 bits per heavy atom. The molecule has 42 heavy (non-hydrogen) atoms. The van der Waals surface area contributed by atoms with Crippen LogP contribution in [-0.2, 0) is 17.7 Å². The van der Waals surface area contributed by atoms with Crippen molar-refractivity contribution in [1.82, 2.24) is 29.7 Å². The maximum absolute atomic E-state index is 12.3. The van der Waals surface area contributed by atoms with E-state index >= 15 is 0 Å². The van der Waals surface area contributed by atoms with Gasteiger partial charge in [-0.25, -0.2) is 9.97 Å². The summed E-state index contributed by atoms with van der Waals surface area (Å²) >= 11 is 0. The molecule has 6 rings (SSSR count). The van der Waals surface area contributed by atoms with E-state index in [0.717, 1.165) is 85.0 Å². The number of rotatable bonds is 7. The molecule has 0 saturated carbocycles. The van der Waals surface area contributed by atoms with Gasteiger partial charge in [-0.3, -0.25) is 14.6 Å². The molecule has 0 unspecified atom stereocenters. The van der Waals surface area contributed by atoms with Gasteiger partial charge in [0.1, 0.15) is 11.3 Å². The third-order valence-electron chi connectivity index (χ3n) is 8.35. The Balaban J connectivity index is 1.22. The average Bonchev–Trinajstić information content (AvgIpc) is 3.42. The maximum Gasteiger partial charge on any atom is 0.253 e. The van der Waals surface area contributed by atoms with Gasteiger partial charge < -0.3 is 19.4 Å². The highest BCUT2D eigenvalue weighted by atomic mass is 16.5. The van der Waals surface area contributed by atoms with Crippen LogP contribution in [0.1, 0.15) is 35.3 Å². The molecule has 1 amide bonds. The number of amides is 1. The Kier molecular flexibility index (Phi) is 7.98. The van der Waals surface area contributed by atoms with Crippen molar-refractivity contribution in [3.8, 4) is 28.1 Å². The van der Waals surface area contributed by atoms with Crippen molar-refractivity contribution >= 4 is 17.1 Å². The number of aromatic nitrogens is 3. The molecular formula is C33H40N6O3. The van der Waals surface area contributed by atoms with Crippen molar-refractivity contribution in [1.29, 1.82) is 0 Å². The van der Waals surface area contributed by atoms with E-state index < -0.39 is 0 Å². The van der Waals surface area contributed by atoms with Gasteiger partial charge in [-0.15, -0.1) is 0 Å². The smallest absolute Gasteiger partial charge is 0.253 e. The fraction of sp³-hybridized carbons (Fsp3) is 0.424. The zero-order valence-corrected chi connectivity index (χ0v) is 25.2. The Labute approximate surface area is 247 Å². The van der Waals surface area contributed by atoms with Gasteiger partial charge in [-0.05, 0) is 55.7 Å². The molecule has 0 radical (unpaired) electrons. The lowest BCUT2D eigenvalue weighted by atomic mass is 9.95. The number of fused-ring (bicyclic) bond motifs is 2. The summed E-state index contributed by atoms with van der Waals surface area (Å²) in [5.41, 5.74) is 8.50. The molecule has 0 aliphatic carbocycles. The molecule has 0 spiro atoms. The number of nitrogens with zero attached hydrogens (tertiary/aromatic N) is 5. The molecule has 9 nitrogen and oxygen atoms in total. The van der Waals surface area contributed by atoms with Gasteiger partial charge in [0.25, 0.3) is 5.91 Å². The number of nitrogens with one attached hydrogen (secondary N) is 1. The van der Waals surface area contributed by atoms with Gasteiger partial charge in [0.2, 0.25) is 0 Å². The van der Waals surface area contributed by atoms with E-state index in [1.807, 2.05) is 36.7 Å². The first kappa shape index (κ1) is 28.3. The minimum absolute atomic E-state index is 0.0200. The predicted molar refractivity (Wildman–Crippen MR) is 165 cm³/mol. The number of methoxy groups -OCH3 is 1. The van der Waals surface area contributed by atoms with E-state index in [-0.39, 0.29) is 5.91 Å². The highest BCUT2D eigenvalue weighted by Gasteiger charge is 2.25. The molecule has 1 saturated heterocycles. The van der Waals surface area contributed by atoms with Crippen LogP contribution in [0.3, 0.4) is 0 Å². The van der Waals surface area contributed by atoms with Gasteiger partial charge in [0.05, 0.1) is 31.2 Å². The molecule has 0 bridgehead atoms. The number of morpholine rings is 1. The van der Waals surface area contributed by atoms with Crippen molar-refractivity contribution in [3.05, 3.63) is 65.5 Å². The van der Waals surface area contributed by atoms with E-state index in [2.05, 4.69) is 40.8 Å². The lowest BCUT2D eigenvalue weighted by Gasteiger charge is -2.37. The second-order valence-corrected chi connectivity index (χ2v) is 11.8. The van der Waals surface area contributed by atoms with Crippen LogP contribution >= 0.6 is 0 Å². The van der Waals surface area contributed by atoms with Gasteiger partial charge >= 0.3 is 0 Å². The summed E-state index contributed by atoms with van der Waals surface area (Å²) in [7, 11) is 5.26. The van der Waals surface area contributed by atoms with Crippen LogP contribution in [0.2, 0.25) is 0 Å². The van der Waals surface area contributed by atoms with Crippen molar-refractivity contribution in [2.45, 2.75) is 39.0 Å². The van der Waals surface area contributed by atoms with Crippen LogP contribution in [-0.4, -0.2) is 102 Å². The standard InChI is InChI=1S/C33H40N6O3/c1-21-18-39(19-22(2)42-21)13-12-38-11-10-25-14-26(15-30(41-5)28(25)20-38)29-17-35-32-31(36-29)27(16-34-32)23-6-8-24(9-7-23)33(40)37(3)4/h6-9,14-17,21-22H,10-13,18-20H2,1-5H3,(H,34,35)/t21-,22-/m1/s1. The Morgan fingerprint density at radius 2 is 1.81 bits per heavy atom. The van der Waals surface area contributed by atoms with Crippen molar-refractivity contribution in [3.63, 3.8) is 0 Å². The number of ether oxygens (including phenoxy) is 2. The van der Waals surface area contributed by atoms with E-state index in [9.17, 15) is 4.79 Å². The molecule has 220 valence electrons. The fourth-order valence-electron chi connectivity index (χ4n) is 6.26. The zero-order valence-electron chi connectivity index (χ0n) is 25.2. The summed E-state index contributed by atoms with van der Waals surface area (Å²) in [4.78, 5) is 32.0. The molecule has 2 aromatic carbocycles. The number of carbonyl (C=O) groups excluding carboxylic acids is 1. The normalized spacial score (nSPS) is 19.5. The molecule has 2 aliphatic rings. The van der Waals surface area contributed by atoms with Crippen LogP contribution < -0.4 is 4.74 Å². The van der Waals surface area contributed by atoms with Crippen LogP contribution in [0.15, 0.2) is 48.8 Å². The molecule has 2 aliphatic heterocycles. The van der Waals surface area contributed by atoms with Crippen molar-refractivity contribution in [2.24, 2.45) is 0 Å². The number of hydrogen-bond acceptors (Lipinski definition) is 7. The topological polar surface area (TPSA) is 86.8 Å². The first-order chi connectivity index (χ1) is 20.3. The fourth-order valence-corrected chi connectivity index (χ4v) is 6.26. The molecule has 1 fully saturated rings. The lowest BCUT2D eigenvalue weighted by Crippen LogP contribution is -2.48. The largest absolute Gasteiger partial charge is 0.496 e. The second-order valence-electron chi connectivity index (χ2n) is 11.8. The summed E-state index contributed by atoms with van der Waals surface area (Å²) < 4.78 is 11.8. The Hall–Kier alpha value is -3.79. The van der Waals surface area contributed by atoms with E-state index in [1.165, 1.54) is 11.1 Å². The average molecular weight is 569 g/mol. The Morgan fingerprint density at radius 1 is 1.07 bits per heavy atom. The Bertz CT molecular complexity index is 1550.